The van der Waals surface area contributed by atoms with E-state index in [0.29, 0.717) is 6.04 Å². The standard InChI is InChI=1S/C16H23N3O/c20-16(13-6-9-17-10-7-13)18-14-8-11-19(12-14)15-4-2-1-3-5-15/h1-5,13-14,17H,6-12H2,(H,18,20). The van der Waals surface area contributed by atoms with Crippen LogP contribution in [-0.4, -0.2) is 38.1 Å². The van der Waals surface area contributed by atoms with Crippen molar-refractivity contribution in [2.24, 2.45) is 5.92 Å². The van der Waals surface area contributed by atoms with Gasteiger partial charge in [-0.1, -0.05) is 18.2 Å². The van der Waals surface area contributed by atoms with Crippen LogP contribution in [0.1, 0.15) is 19.3 Å². The number of para-hydroxylation sites is 1. The van der Waals surface area contributed by atoms with E-state index >= 15 is 0 Å². The van der Waals surface area contributed by atoms with Gasteiger partial charge in [0.2, 0.25) is 5.91 Å². The third-order valence-electron chi connectivity index (χ3n) is 4.37. The molecule has 2 heterocycles. The highest BCUT2D eigenvalue weighted by Gasteiger charge is 2.27. The quantitative estimate of drug-likeness (QED) is 0.874. The van der Waals surface area contributed by atoms with Crippen LogP contribution in [0.4, 0.5) is 5.69 Å². The minimum absolute atomic E-state index is 0.210. The number of nitrogens with one attached hydrogen (secondary N) is 2. The third-order valence-corrected chi connectivity index (χ3v) is 4.37. The summed E-state index contributed by atoms with van der Waals surface area (Å²) in [5.74, 6) is 0.466. The second kappa shape index (κ2) is 6.27. The number of carbonyl (C=O) groups is 1. The summed E-state index contributed by atoms with van der Waals surface area (Å²) in [6, 6.07) is 10.7. The van der Waals surface area contributed by atoms with E-state index in [-0.39, 0.29) is 11.8 Å². The number of rotatable bonds is 3. The lowest BCUT2D eigenvalue weighted by atomic mass is 9.97. The first-order chi connectivity index (χ1) is 9.83. The van der Waals surface area contributed by atoms with E-state index in [9.17, 15) is 4.79 Å². The van der Waals surface area contributed by atoms with Crippen molar-refractivity contribution in [1.29, 1.82) is 0 Å². The number of benzene rings is 1. The van der Waals surface area contributed by atoms with Crippen molar-refractivity contribution in [1.82, 2.24) is 10.6 Å². The molecule has 2 fully saturated rings. The Morgan fingerprint density at radius 2 is 1.90 bits per heavy atom. The normalized spacial score (nSPS) is 23.8. The van der Waals surface area contributed by atoms with Crippen molar-refractivity contribution in [3.05, 3.63) is 30.3 Å². The van der Waals surface area contributed by atoms with E-state index in [1.165, 1.54) is 5.69 Å². The van der Waals surface area contributed by atoms with Crippen LogP contribution in [0.25, 0.3) is 0 Å². The molecule has 108 valence electrons. The van der Waals surface area contributed by atoms with Gasteiger partial charge in [-0.25, -0.2) is 0 Å². The Bertz CT molecular complexity index is 442. The van der Waals surface area contributed by atoms with E-state index in [1.54, 1.807) is 0 Å². The van der Waals surface area contributed by atoms with Crippen molar-refractivity contribution >= 4 is 11.6 Å². The lowest BCUT2D eigenvalue weighted by Gasteiger charge is -2.24. The van der Waals surface area contributed by atoms with Crippen LogP contribution >= 0.6 is 0 Å². The van der Waals surface area contributed by atoms with Gasteiger partial charge in [0.05, 0.1) is 0 Å². The highest BCUT2D eigenvalue weighted by Crippen LogP contribution is 2.20. The minimum Gasteiger partial charge on any atom is -0.369 e. The number of anilines is 1. The second-order valence-electron chi connectivity index (χ2n) is 5.80. The predicted octanol–water partition coefficient (Wildman–Crippen LogP) is 1.38. The molecule has 2 saturated heterocycles. The summed E-state index contributed by atoms with van der Waals surface area (Å²) in [5.41, 5.74) is 1.26. The van der Waals surface area contributed by atoms with Crippen LogP contribution < -0.4 is 15.5 Å². The first-order valence-electron chi connectivity index (χ1n) is 7.64. The van der Waals surface area contributed by atoms with Crippen LogP contribution in [0.2, 0.25) is 0 Å². The zero-order valence-corrected chi connectivity index (χ0v) is 11.8. The fraction of sp³-hybridized carbons (Fsp3) is 0.562. The van der Waals surface area contributed by atoms with Crippen molar-refractivity contribution in [2.45, 2.75) is 25.3 Å². The van der Waals surface area contributed by atoms with E-state index in [2.05, 4.69) is 39.8 Å². The average molecular weight is 273 g/mol. The molecular weight excluding hydrogens is 250 g/mol. The van der Waals surface area contributed by atoms with Gasteiger partial charge in [-0.3, -0.25) is 4.79 Å². The third kappa shape index (κ3) is 3.12. The molecule has 0 saturated carbocycles. The zero-order valence-electron chi connectivity index (χ0n) is 11.8. The molecule has 0 aromatic heterocycles. The molecule has 1 aromatic rings. The fourth-order valence-corrected chi connectivity index (χ4v) is 3.15. The van der Waals surface area contributed by atoms with Crippen LogP contribution in [0.15, 0.2) is 30.3 Å². The van der Waals surface area contributed by atoms with Crippen molar-refractivity contribution in [2.75, 3.05) is 31.1 Å². The molecule has 4 heteroatoms. The molecule has 1 unspecified atom stereocenters. The average Bonchev–Trinajstić information content (AvgIpc) is 2.97. The molecule has 1 atom stereocenters. The minimum atomic E-state index is 0.210. The molecule has 1 amide bonds. The fourth-order valence-electron chi connectivity index (χ4n) is 3.15. The lowest BCUT2D eigenvalue weighted by molar-refractivity contribution is -0.126. The molecule has 0 aliphatic carbocycles. The molecule has 2 aliphatic heterocycles. The first kappa shape index (κ1) is 13.4. The SMILES string of the molecule is O=C(NC1CCN(c2ccccc2)C1)C1CCNCC1. The van der Waals surface area contributed by atoms with Gasteiger partial charge in [-0.05, 0) is 44.5 Å². The molecule has 3 rings (SSSR count). The maximum absolute atomic E-state index is 12.2. The van der Waals surface area contributed by atoms with Gasteiger partial charge in [-0.2, -0.15) is 0 Å². The zero-order chi connectivity index (χ0) is 13.8. The Morgan fingerprint density at radius 1 is 1.15 bits per heavy atom. The molecule has 4 nitrogen and oxygen atoms in total. The Labute approximate surface area is 120 Å². The molecule has 2 N–H and O–H groups in total. The van der Waals surface area contributed by atoms with E-state index in [0.717, 1.165) is 45.4 Å². The summed E-state index contributed by atoms with van der Waals surface area (Å²) in [6.45, 7) is 3.90. The largest absolute Gasteiger partial charge is 0.369 e. The molecule has 0 radical (unpaired) electrons. The van der Waals surface area contributed by atoms with E-state index in [4.69, 9.17) is 0 Å². The van der Waals surface area contributed by atoms with Crippen LogP contribution in [0.3, 0.4) is 0 Å². The molecule has 20 heavy (non-hydrogen) atoms. The van der Waals surface area contributed by atoms with Crippen molar-refractivity contribution < 1.29 is 4.79 Å². The maximum atomic E-state index is 12.2. The number of hydrogen-bond donors (Lipinski definition) is 2. The summed E-state index contributed by atoms with van der Waals surface area (Å²) in [5, 5.41) is 6.54. The smallest absolute Gasteiger partial charge is 0.223 e. The van der Waals surface area contributed by atoms with Gasteiger partial charge in [-0.15, -0.1) is 0 Å². The Kier molecular flexibility index (Phi) is 4.21. The van der Waals surface area contributed by atoms with Gasteiger partial charge < -0.3 is 15.5 Å². The first-order valence-corrected chi connectivity index (χ1v) is 7.64. The molecule has 0 bridgehead atoms. The Balaban J connectivity index is 1.51. The number of piperidine rings is 1. The van der Waals surface area contributed by atoms with Crippen LogP contribution in [-0.2, 0) is 4.79 Å². The van der Waals surface area contributed by atoms with Crippen LogP contribution in [0, 0.1) is 5.92 Å². The topological polar surface area (TPSA) is 44.4 Å². The maximum Gasteiger partial charge on any atom is 0.223 e. The number of nitrogens with zero attached hydrogens (tertiary/aromatic N) is 1. The summed E-state index contributed by atoms with van der Waals surface area (Å²) in [4.78, 5) is 14.6. The molecule has 0 spiro atoms. The predicted molar refractivity (Wildman–Crippen MR) is 80.8 cm³/mol. The van der Waals surface area contributed by atoms with Crippen LogP contribution in [0.5, 0.6) is 0 Å². The molecular formula is C16H23N3O. The highest BCUT2D eigenvalue weighted by molar-refractivity contribution is 5.79. The number of carbonyl (C=O) groups excluding carboxylic acids is 1. The summed E-state index contributed by atoms with van der Waals surface area (Å²) in [7, 11) is 0. The summed E-state index contributed by atoms with van der Waals surface area (Å²) < 4.78 is 0. The van der Waals surface area contributed by atoms with E-state index < -0.39 is 0 Å². The van der Waals surface area contributed by atoms with Gasteiger partial charge >= 0.3 is 0 Å². The summed E-state index contributed by atoms with van der Waals surface area (Å²) in [6.07, 6.45) is 2.99. The van der Waals surface area contributed by atoms with Gasteiger partial charge in [0.1, 0.15) is 0 Å². The number of hydrogen-bond acceptors (Lipinski definition) is 3. The Hall–Kier alpha value is -1.55. The monoisotopic (exact) mass is 273 g/mol. The van der Waals surface area contributed by atoms with Gasteiger partial charge in [0.25, 0.3) is 0 Å². The number of amides is 1. The second-order valence-corrected chi connectivity index (χ2v) is 5.80. The molecule has 1 aromatic carbocycles. The van der Waals surface area contributed by atoms with Crippen molar-refractivity contribution in [3.8, 4) is 0 Å². The summed E-state index contributed by atoms with van der Waals surface area (Å²) >= 11 is 0. The van der Waals surface area contributed by atoms with E-state index in [1.807, 2.05) is 6.07 Å². The Morgan fingerprint density at radius 3 is 2.65 bits per heavy atom. The van der Waals surface area contributed by atoms with Gasteiger partial charge in [0.15, 0.2) is 0 Å². The molecule has 2 aliphatic rings. The van der Waals surface area contributed by atoms with Crippen molar-refractivity contribution in [3.63, 3.8) is 0 Å². The van der Waals surface area contributed by atoms with Gasteiger partial charge in [0, 0.05) is 30.7 Å². The lowest BCUT2D eigenvalue weighted by Crippen LogP contribution is -2.43. The highest BCUT2D eigenvalue weighted by atomic mass is 16.2.